The quantitative estimate of drug-likeness (QED) is 0.443. The maximum Gasteiger partial charge on any atom is 0.231 e. The zero-order chi connectivity index (χ0) is 21.3. The zero-order valence-corrected chi connectivity index (χ0v) is 18.1. The first-order valence-corrected chi connectivity index (χ1v) is 11.1. The van der Waals surface area contributed by atoms with Gasteiger partial charge >= 0.3 is 0 Å². The first kappa shape index (κ1) is 20.3. The summed E-state index contributed by atoms with van der Waals surface area (Å²) in [6.45, 7) is 6.81. The lowest BCUT2D eigenvalue weighted by Gasteiger charge is -2.09. The molecule has 0 unspecified atom stereocenters. The molecule has 1 amide bonds. The highest BCUT2D eigenvalue weighted by atomic mass is 32.2. The molecule has 0 saturated carbocycles. The number of hydrogen-bond acceptors (Lipinski definition) is 5. The van der Waals surface area contributed by atoms with E-state index in [1.54, 1.807) is 6.07 Å². The number of anilines is 1. The van der Waals surface area contributed by atoms with Crippen LogP contribution in [0.1, 0.15) is 47.7 Å². The summed E-state index contributed by atoms with van der Waals surface area (Å²) in [7, 11) is 0. The van der Waals surface area contributed by atoms with Crippen molar-refractivity contribution in [2.24, 2.45) is 0 Å². The van der Waals surface area contributed by atoms with Crippen molar-refractivity contribution in [1.82, 2.24) is 14.8 Å². The van der Waals surface area contributed by atoms with E-state index < -0.39 is 0 Å². The average Bonchev–Trinajstić information content (AvgIpc) is 3.27. The molecule has 1 aliphatic heterocycles. The molecule has 154 valence electrons. The molecule has 0 saturated heterocycles. The second-order valence-electron chi connectivity index (χ2n) is 7.55. The molecule has 1 aromatic heterocycles. The lowest BCUT2D eigenvalue weighted by molar-refractivity contribution is -0.116. The topological polar surface area (TPSA) is 76.9 Å². The first-order chi connectivity index (χ1) is 14.5. The summed E-state index contributed by atoms with van der Waals surface area (Å²) in [5.74, 6) is 0.846. The Labute approximate surface area is 180 Å². The summed E-state index contributed by atoms with van der Waals surface area (Å²) in [5.41, 5.74) is 4.49. The Morgan fingerprint density at radius 3 is 2.80 bits per heavy atom. The molecule has 4 rings (SSSR count). The molecule has 1 N–H and O–H groups in total. The van der Waals surface area contributed by atoms with Crippen LogP contribution >= 0.6 is 11.8 Å². The van der Waals surface area contributed by atoms with E-state index in [4.69, 9.17) is 0 Å². The SMILES string of the molecule is CCCn1c(SCC(=O)c2ccc3c(c2)[C@H](C)C(=O)N3)nnc1-c1cccc(C)c1. The number of nitrogens with one attached hydrogen (secondary N) is 1. The maximum atomic E-state index is 12.8. The van der Waals surface area contributed by atoms with Gasteiger partial charge in [0.25, 0.3) is 0 Å². The van der Waals surface area contributed by atoms with Crippen LogP contribution in [-0.4, -0.2) is 32.2 Å². The molecule has 2 heterocycles. The van der Waals surface area contributed by atoms with E-state index in [0.717, 1.165) is 40.8 Å². The van der Waals surface area contributed by atoms with Gasteiger partial charge < -0.3 is 9.88 Å². The first-order valence-electron chi connectivity index (χ1n) is 10.1. The summed E-state index contributed by atoms with van der Waals surface area (Å²) >= 11 is 1.40. The summed E-state index contributed by atoms with van der Waals surface area (Å²) in [5, 5.41) is 12.3. The number of aryl methyl sites for hydroxylation is 1. The molecule has 0 radical (unpaired) electrons. The van der Waals surface area contributed by atoms with Gasteiger partial charge in [0.2, 0.25) is 5.91 Å². The molecule has 1 aliphatic rings. The number of hydrogen-bond donors (Lipinski definition) is 1. The van der Waals surface area contributed by atoms with E-state index in [2.05, 4.69) is 46.1 Å². The predicted molar refractivity (Wildman–Crippen MR) is 119 cm³/mol. The molecular weight excluding hydrogens is 396 g/mol. The molecule has 7 heteroatoms. The number of nitrogens with zero attached hydrogens (tertiary/aromatic N) is 3. The highest BCUT2D eigenvalue weighted by Crippen LogP contribution is 2.33. The lowest BCUT2D eigenvalue weighted by Crippen LogP contribution is -2.08. The monoisotopic (exact) mass is 420 g/mol. The summed E-state index contributed by atoms with van der Waals surface area (Å²) in [6, 6.07) is 13.6. The molecule has 1 atom stereocenters. The van der Waals surface area contributed by atoms with Crippen LogP contribution in [0.5, 0.6) is 0 Å². The van der Waals surface area contributed by atoms with Gasteiger partial charge in [0.15, 0.2) is 16.8 Å². The minimum atomic E-state index is -0.232. The van der Waals surface area contributed by atoms with Gasteiger partial charge in [-0.05, 0) is 50.1 Å². The molecule has 0 fully saturated rings. The Morgan fingerprint density at radius 2 is 2.03 bits per heavy atom. The fraction of sp³-hybridized carbons (Fsp3) is 0.304. The van der Waals surface area contributed by atoms with Crippen LogP contribution < -0.4 is 5.32 Å². The van der Waals surface area contributed by atoms with Crippen molar-refractivity contribution in [3.63, 3.8) is 0 Å². The lowest BCUT2D eigenvalue weighted by atomic mass is 9.99. The van der Waals surface area contributed by atoms with E-state index in [1.165, 1.54) is 17.3 Å². The maximum absolute atomic E-state index is 12.8. The van der Waals surface area contributed by atoms with Crippen LogP contribution in [0, 0.1) is 6.92 Å². The van der Waals surface area contributed by atoms with E-state index in [-0.39, 0.29) is 23.4 Å². The largest absolute Gasteiger partial charge is 0.325 e. The highest BCUT2D eigenvalue weighted by Gasteiger charge is 2.27. The summed E-state index contributed by atoms with van der Waals surface area (Å²) in [4.78, 5) is 24.7. The number of carbonyl (C=O) groups is 2. The summed E-state index contributed by atoms with van der Waals surface area (Å²) in [6.07, 6.45) is 0.947. The standard InChI is InChI=1S/C23H24N4O2S/c1-4-10-27-21(17-7-5-6-14(2)11-17)25-26-23(27)30-13-20(28)16-8-9-19-18(12-16)15(3)22(29)24-19/h5-9,11-12,15H,4,10,13H2,1-3H3,(H,24,29)/t15-/m0/s1. The van der Waals surface area contributed by atoms with Gasteiger partial charge in [0.1, 0.15) is 0 Å². The number of ketones is 1. The third kappa shape index (κ3) is 3.89. The third-order valence-corrected chi connectivity index (χ3v) is 6.23. The van der Waals surface area contributed by atoms with E-state index in [9.17, 15) is 9.59 Å². The fourth-order valence-electron chi connectivity index (χ4n) is 3.62. The normalized spacial score (nSPS) is 15.2. The number of fused-ring (bicyclic) bond motifs is 1. The highest BCUT2D eigenvalue weighted by molar-refractivity contribution is 7.99. The van der Waals surface area contributed by atoms with Crippen molar-refractivity contribution >= 4 is 29.1 Å². The second kappa shape index (κ2) is 8.44. The fourth-order valence-corrected chi connectivity index (χ4v) is 4.48. The number of amides is 1. The molecule has 0 aliphatic carbocycles. The zero-order valence-electron chi connectivity index (χ0n) is 17.3. The molecule has 2 aromatic carbocycles. The van der Waals surface area contributed by atoms with Gasteiger partial charge in [0.05, 0.1) is 11.7 Å². The van der Waals surface area contributed by atoms with Crippen LogP contribution in [0.25, 0.3) is 11.4 Å². The van der Waals surface area contributed by atoms with Crippen LogP contribution in [0.3, 0.4) is 0 Å². The number of thioether (sulfide) groups is 1. The van der Waals surface area contributed by atoms with Crippen LogP contribution in [0.4, 0.5) is 5.69 Å². The molecule has 6 nitrogen and oxygen atoms in total. The Balaban J connectivity index is 1.53. The number of aromatic nitrogens is 3. The van der Waals surface area contributed by atoms with Crippen molar-refractivity contribution in [2.45, 2.75) is 44.8 Å². The number of benzene rings is 2. The molecule has 30 heavy (non-hydrogen) atoms. The van der Waals surface area contributed by atoms with Gasteiger partial charge in [-0.1, -0.05) is 42.4 Å². The van der Waals surface area contributed by atoms with Crippen LogP contribution in [0.15, 0.2) is 47.6 Å². The van der Waals surface area contributed by atoms with E-state index in [1.807, 2.05) is 31.2 Å². The van der Waals surface area contributed by atoms with E-state index >= 15 is 0 Å². The van der Waals surface area contributed by atoms with Gasteiger partial charge in [0, 0.05) is 23.4 Å². The van der Waals surface area contributed by atoms with Crippen molar-refractivity contribution < 1.29 is 9.59 Å². The van der Waals surface area contributed by atoms with Gasteiger partial charge in [-0.2, -0.15) is 0 Å². The average molecular weight is 421 g/mol. The Hall–Kier alpha value is -2.93. The van der Waals surface area contributed by atoms with Crippen LogP contribution in [0.2, 0.25) is 0 Å². The number of carbonyl (C=O) groups excluding carboxylic acids is 2. The van der Waals surface area contributed by atoms with Crippen molar-refractivity contribution in [2.75, 3.05) is 11.1 Å². The van der Waals surface area contributed by atoms with Gasteiger partial charge in [-0.25, -0.2) is 0 Å². The smallest absolute Gasteiger partial charge is 0.231 e. The number of rotatable bonds is 7. The molecule has 3 aromatic rings. The molecular formula is C23H24N4O2S. The Morgan fingerprint density at radius 1 is 1.20 bits per heavy atom. The predicted octanol–water partition coefficient (Wildman–Crippen LogP) is 4.69. The van der Waals surface area contributed by atoms with Gasteiger partial charge in [-0.3, -0.25) is 9.59 Å². The minimum absolute atomic E-state index is 0.0116. The molecule has 0 spiro atoms. The summed E-state index contributed by atoms with van der Waals surface area (Å²) < 4.78 is 2.08. The van der Waals surface area contributed by atoms with Gasteiger partial charge in [-0.15, -0.1) is 10.2 Å². The number of Topliss-reactive ketones (excluding diaryl/α,β-unsaturated/α-hetero) is 1. The Bertz CT molecular complexity index is 1120. The minimum Gasteiger partial charge on any atom is -0.325 e. The third-order valence-electron chi connectivity index (χ3n) is 5.26. The molecule has 0 bridgehead atoms. The Kier molecular flexibility index (Phi) is 5.72. The second-order valence-corrected chi connectivity index (χ2v) is 8.49. The van der Waals surface area contributed by atoms with Crippen molar-refractivity contribution in [3.8, 4) is 11.4 Å². The van der Waals surface area contributed by atoms with E-state index in [0.29, 0.717) is 5.56 Å². The van der Waals surface area contributed by atoms with Crippen molar-refractivity contribution in [1.29, 1.82) is 0 Å². The van der Waals surface area contributed by atoms with Crippen LogP contribution in [-0.2, 0) is 11.3 Å². The van der Waals surface area contributed by atoms with Crippen molar-refractivity contribution in [3.05, 3.63) is 59.2 Å².